The largest absolute Gasteiger partial charge is 0.325 e. The van der Waals surface area contributed by atoms with E-state index in [1.807, 2.05) is 0 Å². The first-order chi connectivity index (χ1) is 7.05. The minimum absolute atomic E-state index is 0.832. The molecule has 0 aliphatic heterocycles. The zero-order valence-electron chi connectivity index (χ0n) is 11.6. The Labute approximate surface area is 97.6 Å². The van der Waals surface area contributed by atoms with E-state index in [2.05, 4.69) is 51.3 Å². The Balaban J connectivity index is 4.71. The van der Waals surface area contributed by atoms with Gasteiger partial charge in [0.15, 0.2) is 0 Å². The molecule has 0 amide bonds. The molecule has 0 aromatic heterocycles. The first kappa shape index (κ1) is 15.1. The standard InChI is InChI=1S/C12H30N2Si/c1-7-10-11-15(13-9-3,14(5)6)12(4)8-2/h12-13H,7-11H2,1-6H3. The molecule has 0 rings (SSSR count). The van der Waals surface area contributed by atoms with Gasteiger partial charge >= 0.3 is 0 Å². The van der Waals surface area contributed by atoms with Gasteiger partial charge in [-0.2, -0.15) is 0 Å². The smallest absolute Gasteiger partial charge is 0.206 e. The van der Waals surface area contributed by atoms with Crippen LogP contribution in [0.5, 0.6) is 0 Å². The molecule has 1 N–H and O–H groups in total. The Hall–Kier alpha value is 0.137. The Morgan fingerprint density at radius 1 is 1.20 bits per heavy atom. The highest BCUT2D eigenvalue weighted by Gasteiger charge is 2.39. The van der Waals surface area contributed by atoms with Crippen LogP contribution in [0.15, 0.2) is 0 Å². The number of unbranched alkanes of at least 4 members (excludes halogenated alkanes) is 1. The van der Waals surface area contributed by atoms with Gasteiger partial charge in [0, 0.05) is 0 Å². The molecule has 0 spiro atoms. The van der Waals surface area contributed by atoms with Gasteiger partial charge in [0.05, 0.1) is 0 Å². The number of hydrogen-bond donors (Lipinski definition) is 1. The minimum Gasteiger partial charge on any atom is -0.325 e. The molecule has 0 bridgehead atoms. The van der Waals surface area contributed by atoms with Gasteiger partial charge in [-0.25, -0.2) is 0 Å². The van der Waals surface area contributed by atoms with Crippen molar-refractivity contribution in [3.05, 3.63) is 0 Å². The van der Waals surface area contributed by atoms with Crippen LogP contribution in [0, 0.1) is 0 Å². The molecule has 3 heteroatoms. The predicted molar refractivity (Wildman–Crippen MR) is 72.5 cm³/mol. The van der Waals surface area contributed by atoms with E-state index in [0.29, 0.717) is 0 Å². The van der Waals surface area contributed by atoms with Crippen LogP contribution in [-0.2, 0) is 0 Å². The van der Waals surface area contributed by atoms with E-state index >= 15 is 0 Å². The van der Waals surface area contributed by atoms with Crippen molar-refractivity contribution in [2.45, 2.75) is 58.5 Å². The molecule has 0 aromatic rings. The Morgan fingerprint density at radius 3 is 2.13 bits per heavy atom. The highest BCUT2D eigenvalue weighted by atomic mass is 28.3. The molecule has 0 heterocycles. The summed E-state index contributed by atoms with van der Waals surface area (Å²) in [7, 11) is 3.11. The van der Waals surface area contributed by atoms with E-state index in [1.165, 1.54) is 25.3 Å². The van der Waals surface area contributed by atoms with E-state index < -0.39 is 8.40 Å². The molecule has 0 aliphatic rings. The molecule has 0 aliphatic carbocycles. The zero-order valence-corrected chi connectivity index (χ0v) is 12.6. The lowest BCUT2D eigenvalue weighted by Gasteiger charge is -2.42. The predicted octanol–water partition coefficient (Wildman–Crippen LogP) is 3.20. The molecule has 2 nitrogen and oxygen atoms in total. The topological polar surface area (TPSA) is 15.3 Å². The summed E-state index contributed by atoms with van der Waals surface area (Å²) in [6.45, 7) is 10.4. The summed E-state index contributed by atoms with van der Waals surface area (Å²) in [4.78, 5) is 3.85. The van der Waals surface area contributed by atoms with Crippen molar-refractivity contribution in [1.82, 2.24) is 9.55 Å². The summed E-state index contributed by atoms with van der Waals surface area (Å²) >= 11 is 0. The maximum absolute atomic E-state index is 3.85. The van der Waals surface area contributed by atoms with Crippen LogP contribution >= 0.6 is 0 Å². The first-order valence-corrected chi connectivity index (χ1v) is 8.70. The number of nitrogens with one attached hydrogen (secondary N) is 1. The van der Waals surface area contributed by atoms with Gasteiger partial charge in [-0.15, -0.1) is 0 Å². The number of hydrogen-bond acceptors (Lipinski definition) is 2. The van der Waals surface area contributed by atoms with Crippen LogP contribution in [0.25, 0.3) is 0 Å². The second-order valence-corrected chi connectivity index (χ2v) is 9.34. The molecule has 2 atom stereocenters. The summed E-state index contributed by atoms with van der Waals surface area (Å²) in [5.41, 5.74) is 0.832. The molecule has 0 aromatic carbocycles. The van der Waals surface area contributed by atoms with Crippen LogP contribution < -0.4 is 4.98 Å². The summed E-state index contributed by atoms with van der Waals surface area (Å²) < 4.78 is 2.51. The average Bonchev–Trinajstić information content (AvgIpc) is 2.22. The van der Waals surface area contributed by atoms with Gasteiger partial charge in [-0.3, -0.25) is 0 Å². The fraction of sp³-hybridized carbons (Fsp3) is 1.00. The highest BCUT2D eigenvalue weighted by Crippen LogP contribution is 2.29. The summed E-state index contributed by atoms with van der Waals surface area (Å²) in [6, 6.07) is 1.39. The van der Waals surface area contributed by atoms with E-state index in [0.717, 1.165) is 12.1 Å². The van der Waals surface area contributed by atoms with E-state index in [1.54, 1.807) is 0 Å². The lowest BCUT2D eigenvalue weighted by atomic mass is 10.4. The van der Waals surface area contributed by atoms with Gasteiger partial charge < -0.3 is 9.55 Å². The van der Waals surface area contributed by atoms with Crippen LogP contribution in [0.3, 0.4) is 0 Å². The van der Waals surface area contributed by atoms with E-state index in [9.17, 15) is 0 Å². The first-order valence-electron chi connectivity index (χ1n) is 6.47. The zero-order chi connectivity index (χ0) is 11.9. The normalized spacial score (nSPS) is 17.8. The molecule has 0 saturated carbocycles. The SMILES string of the molecule is CCCC[Si](NCC)(C(C)CC)N(C)C. The van der Waals surface area contributed by atoms with Gasteiger partial charge in [0.25, 0.3) is 0 Å². The number of rotatable bonds is 8. The monoisotopic (exact) mass is 230 g/mol. The van der Waals surface area contributed by atoms with Crippen molar-refractivity contribution in [2.24, 2.45) is 0 Å². The minimum atomic E-state index is -1.41. The molecule has 15 heavy (non-hydrogen) atoms. The number of nitrogens with zero attached hydrogens (tertiary/aromatic N) is 1. The fourth-order valence-corrected chi connectivity index (χ4v) is 7.26. The van der Waals surface area contributed by atoms with Crippen molar-refractivity contribution in [1.29, 1.82) is 0 Å². The van der Waals surface area contributed by atoms with Crippen molar-refractivity contribution in [2.75, 3.05) is 20.6 Å². The van der Waals surface area contributed by atoms with Crippen LogP contribution in [0.4, 0.5) is 0 Å². The van der Waals surface area contributed by atoms with Gasteiger partial charge in [-0.1, -0.05) is 47.0 Å². The molecule has 0 saturated heterocycles. The van der Waals surface area contributed by atoms with Gasteiger partial charge in [0.1, 0.15) is 0 Å². The summed E-state index contributed by atoms with van der Waals surface area (Å²) in [6.07, 6.45) is 3.97. The Kier molecular flexibility index (Phi) is 7.48. The van der Waals surface area contributed by atoms with Crippen molar-refractivity contribution in [3.8, 4) is 0 Å². The van der Waals surface area contributed by atoms with Gasteiger partial charge in [-0.05, 0) is 32.2 Å². The van der Waals surface area contributed by atoms with Crippen LogP contribution in [0.1, 0.15) is 47.0 Å². The molecule has 2 unspecified atom stereocenters. The second kappa shape index (κ2) is 7.42. The maximum atomic E-state index is 3.85. The average molecular weight is 230 g/mol. The summed E-state index contributed by atoms with van der Waals surface area (Å²) in [5.74, 6) is 0. The third-order valence-corrected chi connectivity index (χ3v) is 9.34. The third kappa shape index (κ3) is 3.89. The lowest BCUT2D eigenvalue weighted by molar-refractivity contribution is 0.538. The summed E-state index contributed by atoms with van der Waals surface area (Å²) in [5, 5.41) is 0. The van der Waals surface area contributed by atoms with Crippen molar-refractivity contribution in [3.63, 3.8) is 0 Å². The van der Waals surface area contributed by atoms with E-state index in [4.69, 9.17) is 0 Å². The maximum Gasteiger partial charge on any atom is 0.206 e. The Morgan fingerprint density at radius 2 is 1.80 bits per heavy atom. The van der Waals surface area contributed by atoms with E-state index in [-0.39, 0.29) is 0 Å². The highest BCUT2D eigenvalue weighted by molar-refractivity contribution is 6.76. The van der Waals surface area contributed by atoms with Gasteiger partial charge in [0.2, 0.25) is 8.40 Å². The van der Waals surface area contributed by atoms with Crippen molar-refractivity contribution >= 4 is 8.40 Å². The van der Waals surface area contributed by atoms with Crippen molar-refractivity contribution < 1.29 is 0 Å². The molecule has 0 radical (unpaired) electrons. The Bertz CT molecular complexity index is 162. The molecular formula is C12H30N2Si. The molecule has 92 valence electrons. The van der Waals surface area contributed by atoms with Crippen LogP contribution in [-0.4, -0.2) is 33.6 Å². The fourth-order valence-electron chi connectivity index (χ4n) is 2.42. The second-order valence-electron chi connectivity index (χ2n) is 4.76. The molecular weight excluding hydrogens is 200 g/mol. The molecule has 0 fully saturated rings. The third-order valence-electron chi connectivity index (χ3n) is 3.62. The quantitative estimate of drug-likeness (QED) is 0.644. The van der Waals surface area contributed by atoms with Crippen LogP contribution in [0.2, 0.25) is 11.6 Å². The lowest BCUT2D eigenvalue weighted by Crippen LogP contribution is -2.63.